The van der Waals surface area contributed by atoms with Gasteiger partial charge in [-0.15, -0.1) is 0 Å². The summed E-state index contributed by atoms with van der Waals surface area (Å²) in [6.07, 6.45) is -1.30. The van der Waals surface area contributed by atoms with Gasteiger partial charge in [0.2, 0.25) is 0 Å². The second kappa shape index (κ2) is 5.88. The Balaban J connectivity index is 2.91. The molecule has 5 heteroatoms. The van der Waals surface area contributed by atoms with Crippen molar-refractivity contribution in [3.05, 3.63) is 34.6 Å². The van der Waals surface area contributed by atoms with Crippen molar-refractivity contribution in [2.24, 2.45) is 5.92 Å². The first kappa shape index (κ1) is 15.9. The third kappa shape index (κ3) is 4.18. The molecule has 0 aromatic heterocycles. The molecule has 0 aliphatic carbocycles. The molecule has 0 fully saturated rings. The Hall–Kier alpha value is -1.13. The zero-order valence-electron chi connectivity index (χ0n) is 11.4. The number of benzene rings is 1. The summed E-state index contributed by atoms with van der Waals surface area (Å²) in [4.78, 5) is 11.8. The Labute approximate surface area is 117 Å². The third-order valence-electron chi connectivity index (χ3n) is 2.55. The first-order valence-electron chi connectivity index (χ1n) is 5.98. The Morgan fingerprint density at radius 2 is 2.00 bits per heavy atom. The maximum Gasteiger partial charge on any atom is 0.312 e. The van der Waals surface area contributed by atoms with Crippen molar-refractivity contribution in [1.29, 1.82) is 0 Å². The summed E-state index contributed by atoms with van der Waals surface area (Å²) in [6.45, 7) is 6.66. The molecule has 1 aromatic carbocycles. The molecule has 0 aliphatic rings. The Morgan fingerprint density at radius 3 is 2.53 bits per heavy atom. The highest BCUT2D eigenvalue weighted by Gasteiger charge is 2.30. The lowest BCUT2D eigenvalue weighted by Gasteiger charge is -2.25. The zero-order valence-corrected chi connectivity index (χ0v) is 12.2. The summed E-state index contributed by atoms with van der Waals surface area (Å²) in [6, 6.07) is 4.30. The lowest BCUT2D eigenvalue weighted by atomic mass is 9.97. The maximum absolute atomic E-state index is 13.8. The largest absolute Gasteiger partial charge is 0.460 e. The van der Waals surface area contributed by atoms with Crippen LogP contribution in [-0.4, -0.2) is 16.7 Å². The zero-order chi connectivity index (χ0) is 14.8. The first-order chi connectivity index (χ1) is 8.63. The minimum atomic E-state index is -1.30. The fourth-order valence-electron chi connectivity index (χ4n) is 1.54. The van der Waals surface area contributed by atoms with Crippen molar-refractivity contribution in [3.63, 3.8) is 0 Å². The van der Waals surface area contributed by atoms with Crippen LogP contribution < -0.4 is 0 Å². The van der Waals surface area contributed by atoms with Crippen LogP contribution in [0.5, 0.6) is 0 Å². The van der Waals surface area contributed by atoms with Gasteiger partial charge in [0.15, 0.2) is 0 Å². The van der Waals surface area contributed by atoms with E-state index in [9.17, 15) is 14.3 Å². The van der Waals surface area contributed by atoms with E-state index in [0.717, 1.165) is 0 Å². The lowest BCUT2D eigenvalue weighted by molar-refractivity contribution is -0.163. The van der Waals surface area contributed by atoms with E-state index in [1.165, 1.54) is 25.1 Å². The van der Waals surface area contributed by atoms with Gasteiger partial charge < -0.3 is 9.84 Å². The Kier molecular flexibility index (Phi) is 4.93. The standard InChI is InChI=1S/C14H18ClFO3/c1-8(13(18)19-14(2,3)4)12(17)9-6-5-7-10(15)11(9)16/h5-8,12,17H,1-4H3. The van der Waals surface area contributed by atoms with E-state index in [0.29, 0.717) is 0 Å². The number of ether oxygens (including phenoxy) is 1. The summed E-state index contributed by atoms with van der Waals surface area (Å²) < 4.78 is 18.9. The van der Waals surface area contributed by atoms with Gasteiger partial charge in [-0.25, -0.2) is 4.39 Å². The molecule has 0 saturated carbocycles. The first-order valence-corrected chi connectivity index (χ1v) is 6.36. The van der Waals surface area contributed by atoms with E-state index in [2.05, 4.69) is 0 Å². The van der Waals surface area contributed by atoms with E-state index >= 15 is 0 Å². The number of aliphatic hydroxyl groups is 1. The van der Waals surface area contributed by atoms with Crippen LogP contribution in [0, 0.1) is 11.7 Å². The lowest BCUT2D eigenvalue weighted by Crippen LogP contribution is -2.30. The van der Waals surface area contributed by atoms with Crippen LogP contribution in [0.2, 0.25) is 5.02 Å². The number of rotatable bonds is 3. The van der Waals surface area contributed by atoms with Crippen LogP contribution in [-0.2, 0) is 9.53 Å². The van der Waals surface area contributed by atoms with E-state index in [1.54, 1.807) is 20.8 Å². The van der Waals surface area contributed by atoms with Gasteiger partial charge in [-0.1, -0.05) is 23.7 Å². The van der Waals surface area contributed by atoms with E-state index in [1.807, 2.05) is 0 Å². The van der Waals surface area contributed by atoms with Crippen molar-refractivity contribution in [2.45, 2.75) is 39.4 Å². The molecule has 0 heterocycles. The highest BCUT2D eigenvalue weighted by atomic mass is 35.5. The number of hydrogen-bond acceptors (Lipinski definition) is 3. The van der Waals surface area contributed by atoms with Gasteiger partial charge in [0.1, 0.15) is 11.4 Å². The summed E-state index contributed by atoms with van der Waals surface area (Å²) in [7, 11) is 0. The minimum absolute atomic E-state index is 0.00846. The minimum Gasteiger partial charge on any atom is -0.460 e. The van der Waals surface area contributed by atoms with Gasteiger partial charge in [-0.05, 0) is 33.8 Å². The molecule has 3 nitrogen and oxygen atoms in total. The second-order valence-corrected chi connectivity index (χ2v) is 5.82. The molecule has 0 saturated heterocycles. The van der Waals surface area contributed by atoms with Crippen molar-refractivity contribution in [3.8, 4) is 0 Å². The van der Waals surface area contributed by atoms with Crippen LogP contribution in [0.4, 0.5) is 4.39 Å². The number of aliphatic hydroxyl groups excluding tert-OH is 1. The van der Waals surface area contributed by atoms with Crippen molar-refractivity contribution in [2.75, 3.05) is 0 Å². The molecule has 106 valence electrons. The van der Waals surface area contributed by atoms with E-state index in [-0.39, 0.29) is 10.6 Å². The number of esters is 1. The van der Waals surface area contributed by atoms with Crippen molar-refractivity contribution < 1.29 is 19.0 Å². The van der Waals surface area contributed by atoms with Crippen LogP contribution in [0.15, 0.2) is 18.2 Å². The second-order valence-electron chi connectivity index (χ2n) is 5.41. The molecule has 0 spiro atoms. The van der Waals surface area contributed by atoms with Crippen LogP contribution in [0.25, 0.3) is 0 Å². The average molecular weight is 289 g/mol. The smallest absolute Gasteiger partial charge is 0.312 e. The van der Waals surface area contributed by atoms with Gasteiger partial charge in [-0.3, -0.25) is 4.79 Å². The molecule has 1 rings (SSSR count). The molecule has 1 aromatic rings. The predicted octanol–water partition coefficient (Wildman–Crippen LogP) is 3.49. The van der Waals surface area contributed by atoms with Crippen molar-refractivity contribution in [1.82, 2.24) is 0 Å². The number of carbonyl (C=O) groups is 1. The van der Waals surface area contributed by atoms with Gasteiger partial charge in [0, 0.05) is 5.56 Å². The summed E-state index contributed by atoms with van der Waals surface area (Å²) >= 11 is 5.65. The molecule has 0 amide bonds. The molecular formula is C14H18ClFO3. The molecule has 2 unspecified atom stereocenters. The van der Waals surface area contributed by atoms with Gasteiger partial charge in [0.05, 0.1) is 17.0 Å². The molecular weight excluding hydrogens is 271 g/mol. The third-order valence-corrected chi connectivity index (χ3v) is 2.84. The SMILES string of the molecule is CC(C(=O)OC(C)(C)C)C(O)c1cccc(Cl)c1F. The summed E-state index contributed by atoms with van der Waals surface area (Å²) in [5.74, 6) is -2.18. The Morgan fingerprint density at radius 1 is 1.42 bits per heavy atom. The fourth-order valence-corrected chi connectivity index (χ4v) is 1.72. The van der Waals surface area contributed by atoms with Gasteiger partial charge in [0.25, 0.3) is 0 Å². The number of carbonyl (C=O) groups excluding carboxylic acids is 1. The predicted molar refractivity (Wildman–Crippen MR) is 71.4 cm³/mol. The Bertz CT molecular complexity index is 468. The topological polar surface area (TPSA) is 46.5 Å². The summed E-state index contributed by atoms with van der Waals surface area (Å²) in [5.41, 5.74) is -0.663. The quantitative estimate of drug-likeness (QED) is 0.866. The monoisotopic (exact) mass is 288 g/mol. The number of halogens is 2. The fraction of sp³-hybridized carbons (Fsp3) is 0.500. The van der Waals surface area contributed by atoms with E-state index in [4.69, 9.17) is 16.3 Å². The average Bonchev–Trinajstić information content (AvgIpc) is 2.28. The number of hydrogen-bond donors (Lipinski definition) is 1. The van der Waals surface area contributed by atoms with Crippen LogP contribution >= 0.6 is 11.6 Å². The highest BCUT2D eigenvalue weighted by molar-refractivity contribution is 6.30. The highest BCUT2D eigenvalue weighted by Crippen LogP contribution is 2.29. The van der Waals surface area contributed by atoms with Gasteiger partial charge in [-0.2, -0.15) is 0 Å². The molecule has 19 heavy (non-hydrogen) atoms. The molecule has 1 N–H and O–H groups in total. The molecule has 0 bridgehead atoms. The molecule has 2 atom stereocenters. The molecule has 0 radical (unpaired) electrons. The van der Waals surface area contributed by atoms with Crippen LogP contribution in [0.3, 0.4) is 0 Å². The normalized spacial score (nSPS) is 14.9. The van der Waals surface area contributed by atoms with Crippen molar-refractivity contribution >= 4 is 17.6 Å². The van der Waals surface area contributed by atoms with E-state index < -0.39 is 29.4 Å². The maximum atomic E-state index is 13.8. The molecule has 0 aliphatic heterocycles. The van der Waals surface area contributed by atoms with Crippen LogP contribution in [0.1, 0.15) is 39.4 Å². The van der Waals surface area contributed by atoms with Gasteiger partial charge >= 0.3 is 5.97 Å². The summed E-state index contributed by atoms with van der Waals surface area (Å²) in [5, 5.41) is 9.97.